The van der Waals surface area contributed by atoms with Crippen LogP contribution >= 0.6 is 12.2 Å². The molecular weight excluding hydrogens is 196 g/mol. The molecule has 1 aromatic heterocycles. The molecule has 0 amide bonds. The van der Waals surface area contributed by atoms with Gasteiger partial charge in [-0.15, -0.1) is 0 Å². The standard InChI is InChI=1S/C9H14N4S/c1-6(2)5-13-9-7(8(10)14)11-3-4-12-9/h3-4,6H,5H2,1-2H3,(H2,10,14)(H,12,13). The Morgan fingerprint density at radius 3 is 2.71 bits per heavy atom. The molecule has 1 rings (SSSR count). The minimum atomic E-state index is 0.268. The van der Waals surface area contributed by atoms with Crippen LogP contribution in [0.25, 0.3) is 0 Å². The fraction of sp³-hybridized carbons (Fsp3) is 0.444. The van der Waals surface area contributed by atoms with Gasteiger partial charge in [-0.25, -0.2) is 9.97 Å². The molecule has 0 bridgehead atoms. The van der Waals surface area contributed by atoms with Gasteiger partial charge < -0.3 is 11.1 Å². The fourth-order valence-corrected chi connectivity index (χ4v) is 1.10. The van der Waals surface area contributed by atoms with Crippen molar-refractivity contribution in [2.75, 3.05) is 11.9 Å². The molecule has 0 saturated carbocycles. The normalized spacial score (nSPS) is 10.2. The van der Waals surface area contributed by atoms with Gasteiger partial charge in [0.15, 0.2) is 5.82 Å². The van der Waals surface area contributed by atoms with Gasteiger partial charge in [0.1, 0.15) is 10.7 Å². The highest BCUT2D eigenvalue weighted by atomic mass is 32.1. The second-order valence-electron chi connectivity index (χ2n) is 3.39. The van der Waals surface area contributed by atoms with E-state index in [0.29, 0.717) is 17.4 Å². The molecule has 0 aliphatic heterocycles. The molecule has 4 nitrogen and oxygen atoms in total. The van der Waals surface area contributed by atoms with E-state index in [1.807, 2.05) is 0 Å². The smallest absolute Gasteiger partial charge is 0.155 e. The SMILES string of the molecule is CC(C)CNc1nccnc1C(N)=S. The monoisotopic (exact) mass is 210 g/mol. The Labute approximate surface area is 88.9 Å². The zero-order chi connectivity index (χ0) is 10.6. The predicted molar refractivity (Wildman–Crippen MR) is 61.2 cm³/mol. The Bertz CT molecular complexity index is 324. The molecule has 0 fully saturated rings. The maximum Gasteiger partial charge on any atom is 0.155 e. The molecule has 14 heavy (non-hydrogen) atoms. The molecule has 0 aliphatic carbocycles. The molecule has 0 atom stereocenters. The summed E-state index contributed by atoms with van der Waals surface area (Å²) in [6, 6.07) is 0. The van der Waals surface area contributed by atoms with E-state index in [-0.39, 0.29) is 4.99 Å². The largest absolute Gasteiger partial charge is 0.388 e. The summed E-state index contributed by atoms with van der Waals surface area (Å²) in [7, 11) is 0. The minimum Gasteiger partial charge on any atom is -0.388 e. The van der Waals surface area contributed by atoms with Crippen molar-refractivity contribution >= 4 is 23.0 Å². The van der Waals surface area contributed by atoms with Crippen molar-refractivity contribution in [3.8, 4) is 0 Å². The third-order valence-electron chi connectivity index (χ3n) is 1.61. The van der Waals surface area contributed by atoms with Crippen LogP contribution in [0.3, 0.4) is 0 Å². The first-order valence-electron chi connectivity index (χ1n) is 4.46. The highest BCUT2D eigenvalue weighted by Gasteiger charge is 2.06. The molecule has 1 heterocycles. The fourth-order valence-electron chi connectivity index (χ4n) is 0.949. The van der Waals surface area contributed by atoms with Gasteiger partial charge in [-0.2, -0.15) is 0 Å². The lowest BCUT2D eigenvalue weighted by molar-refractivity contribution is 0.686. The number of nitrogens with zero attached hydrogens (tertiary/aromatic N) is 2. The molecule has 0 aromatic carbocycles. The number of nitrogens with one attached hydrogen (secondary N) is 1. The van der Waals surface area contributed by atoms with Crippen LogP contribution in [0.15, 0.2) is 12.4 Å². The summed E-state index contributed by atoms with van der Waals surface area (Å²) in [6.45, 7) is 5.06. The van der Waals surface area contributed by atoms with Crippen molar-refractivity contribution in [3.05, 3.63) is 18.1 Å². The summed E-state index contributed by atoms with van der Waals surface area (Å²) in [6.07, 6.45) is 3.19. The Hall–Kier alpha value is -1.23. The topological polar surface area (TPSA) is 63.8 Å². The van der Waals surface area contributed by atoms with Crippen molar-refractivity contribution in [1.82, 2.24) is 9.97 Å². The molecule has 0 radical (unpaired) electrons. The molecule has 0 saturated heterocycles. The summed E-state index contributed by atoms with van der Waals surface area (Å²) >= 11 is 4.86. The van der Waals surface area contributed by atoms with Crippen LogP contribution in [0.5, 0.6) is 0 Å². The number of nitrogens with two attached hydrogens (primary N) is 1. The lowest BCUT2D eigenvalue weighted by Crippen LogP contribution is -2.18. The summed E-state index contributed by atoms with van der Waals surface area (Å²) in [5.41, 5.74) is 6.07. The number of hydrogen-bond donors (Lipinski definition) is 2. The molecule has 3 N–H and O–H groups in total. The summed E-state index contributed by atoms with van der Waals surface area (Å²) in [5.74, 6) is 1.20. The van der Waals surface area contributed by atoms with E-state index in [4.69, 9.17) is 18.0 Å². The number of aromatic nitrogens is 2. The van der Waals surface area contributed by atoms with Crippen molar-refractivity contribution in [2.24, 2.45) is 11.7 Å². The first-order valence-corrected chi connectivity index (χ1v) is 4.86. The van der Waals surface area contributed by atoms with Gasteiger partial charge >= 0.3 is 0 Å². The van der Waals surface area contributed by atoms with E-state index in [1.165, 1.54) is 0 Å². The van der Waals surface area contributed by atoms with Gasteiger partial charge in [0, 0.05) is 18.9 Å². The Balaban J connectivity index is 2.79. The number of hydrogen-bond acceptors (Lipinski definition) is 4. The Morgan fingerprint density at radius 2 is 2.14 bits per heavy atom. The molecule has 0 spiro atoms. The molecule has 5 heteroatoms. The van der Waals surface area contributed by atoms with Gasteiger partial charge in [-0.3, -0.25) is 0 Å². The van der Waals surface area contributed by atoms with E-state index in [9.17, 15) is 0 Å². The second kappa shape index (κ2) is 4.85. The highest BCUT2D eigenvalue weighted by molar-refractivity contribution is 7.80. The molecule has 76 valence electrons. The predicted octanol–water partition coefficient (Wildman–Crippen LogP) is 1.18. The average molecular weight is 210 g/mol. The molecule has 0 aliphatic rings. The van der Waals surface area contributed by atoms with Crippen LogP contribution in [0.2, 0.25) is 0 Å². The van der Waals surface area contributed by atoms with Gasteiger partial charge in [0.05, 0.1) is 0 Å². The third-order valence-corrected chi connectivity index (χ3v) is 1.80. The van der Waals surface area contributed by atoms with Crippen molar-refractivity contribution in [3.63, 3.8) is 0 Å². The lowest BCUT2D eigenvalue weighted by atomic mass is 10.2. The molecular formula is C9H14N4S. The van der Waals surface area contributed by atoms with Crippen LogP contribution in [0.4, 0.5) is 5.82 Å². The van der Waals surface area contributed by atoms with Gasteiger partial charge in [0.2, 0.25) is 0 Å². The van der Waals surface area contributed by atoms with Gasteiger partial charge in [-0.05, 0) is 5.92 Å². The summed E-state index contributed by atoms with van der Waals surface area (Å²) in [4.78, 5) is 8.46. The number of anilines is 1. The Morgan fingerprint density at radius 1 is 1.50 bits per heavy atom. The van der Waals surface area contributed by atoms with Gasteiger partial charge in [0.25, 0.3) is 0 Å². The van der Waals surface area contributed by atoms with Crippen molar-refractivity contribution in [1.29, 1.82) is 0 Å². The van der Waals surface area contributed by atoms with E-state index < -0.39 is 0 Å². The van der Waals surface area contributed by atoms with Gasteiger partial charge in [-0.1, -0.05) is 26.1 Å². The number of thiocarbonyl (C=S) groups is 1. The minimum absolute atomic E-state index is 0.268. The molecule has 0 unspecified atom stereocenters. The summed E-state index contributed by atoms with van der Waals surface area (Å²) in [5, 5.41) is 3.15. The second-order valence-corrected chi connectivity index (χ2v) is 3.83. The summed E-state index contributed by atoms with van der Waals surface area (Å²) < 4.78 is 0. The zero-order valence-corrected chi connectivity index (χ0v) is 9.14. The quantitative estimate of drug-likeness (QED) is 0.731. The maximum absolute atomic E-state index is 5.51. The van der Waals surface area contributed by atoms with Crippen LogP contribution in [-0.4, -0.2) is 21.5 Å². The van der Waals surface area contributed by atoms with E-state index >= 15 is 0 Å². The van der Waals surface area contributed by atoms with E-state index in [1.54, 1.807) is 12.4 Å². The van der Waals surface area contributed by atoms with E-state index in [0.717, 1.165) is 6.54 Å². The number of rotatable bonds is 4. The highest BCUT2D eigenvalue weighted by Crippen LogP contribution is 2.08. The van der Waals surface area contributed by atoms with Crippen LogP contribution in [0.1, 0.15) is 19.5 Å². The lowest BCUT2D eigenvalue weighted by Gasteiger charge is -2.10. The third kappa shape index (κ3) is 2.92. The first kappa shape index (κ1) is 10.8. The van der Waals surface area contributed by atoms with Crippen molar-refractivity contribution < 1.29 is 0 Å². The molecule has 1 aromatic rings. The Kier molecular flexibility index (Phi) is 3.76. The van der Waals surface area contributed by atoms with Crippen LogP contribution < -0.4 is 11.1 Å². The first-order chi connectivity index (χ1) is 6.61. The van der Waals surface area contributed by atoms with Crippen LogP contribution in [-0.2, 0) is 0 Å². The maximum atomic E-state index is 5.51. The van der Waals surface area contributed by atoms with Crippen molar-refractivity contribution in [2.45, 2.75) is 13.8 Å². The zero-order valence-electron chi connectivity index (χ0n) is 8.32. The average Bonchev–Trinajstić information content (AvgIpc) is 2.15. The van der Waals surface area contributed by atoms with E-state index in [2.05, 4.69) is 29.1 Å². The van der Waals surface area contributed by atoms with Crippen LogP contribution in [0, 0.1) is 5.92 Å².